The van der Waals surface area contributed by atoms with Gasteiger partial charge in [0.05, 0.1) is 12.0 Å². The van der Waals surface area contributed by atoms with Gasteiger partial charge in [-0.1, -0.05) is 6.07 Å². The van der Waals surface area contributed by atoms with Crippen molar-refractivity contribution in [2.45, 2.75) is 25.1 Å². The normalized spacial score (nSPS) is 12.2. The first-order valence-corrected chi connectivity index (χ1v) is 6.84. The Hall–Kier alpha value is -1.27. The number of nitrogens with zero attached hydrogens (tertiary/aromatic N) is 1. The molecule has 1 atom stereocenters. The zero-order valence-electron chi connectivity index (χ0n) is 10.6. The Morgan fingerprint density at radius 2 is 2.28 bits per heavy atom. The molecule has 6 heteroatoms. The minimum atomic E-state index is -0.422. The molecule has 0 aliphatic rings. The predicted molar refractivity (Wildman–Crippen MR) is 74.1 cm³/mol. The Kier molecular flexibility index (Phi) is 5.94. The molecule has 0 fully saturated rings. The summed E-state index contributed by atoms with van der Waals surface area (Å²) in [5.41, 5.74) is 6.60. The van der Waals surface area contributed by atoms with Gasteiger partial charge >= 0.3 is 5.69 Å². The third-order valence-corrected chi connectivity index (χ3v) is 3.49. The Morgan fingerprint density at radius 3 is 2.83 bits per heavy atom. The van der Waals surface area contributed by atoms with Crippen LogP contribution in [0.4, 0.5) is 5.69 Å². The zero-order valence-corrected chi connectivity index (χ0v) is 11.4. The third kappa shape index (κ3) is 4.54. The van der Waals surface area contributed by atoms with Crippen molar-refractivity contribution < 1.29 is 9.66 Å². The van der Waals surface area contributed by atoms with Crippen LogP contribution < -0.4 is 10.5 Å². The summed E-state index contributed by atoms with van der Waals surface area (Å²) in [5.74, 6) is 2.00. The van der Waals surface area contributed by atoms with Crippen LogP contribution >= 0.6 is 11.8 Å². The second-order valence-electron chi connectivity index (χ2n) is 4.08. The predicted octanol–water partition coefficient (Wildman–Crippen LogP) is 2.57. The number of nitro groups is 1. The number of hydrogen-bond acceptors (Lipinski definition) is 5. The number of benzene rings is 1. The lowest BCUT2D eigenvalue weighted by Crippen LogP contribution is -2.15. The van der Waals surface area contributed by atoms with E-state index in [1.54, 1.807) is 23.9 Å². The van der Waals surface area contributed by atoms with Crippen molar-refractivity contribution in [2.24, 2.45) is 5.73 Å². The molecule has 2 N–H and O–H groups in total. The molecular weight excluding hydrogens is 252 g/mol. The fraction of sp³-hybridized carbons (Fsp3) is 0.500. The fourth-order valence-corrected chi connectivity index (χ4v) is 2.53. The van der Waals surface area contributed by atoms with Crippen LogP contribution in [0.1, 0.15) is 18.9 Å². The van der Waals surface area contributed by atoms with Gasteiger partial charge in [-0.25, -0.2) is 0 Å². The molecule has 1 aromatic carbocycles. The smallest absolute Gasteiger partial charge is 0.311 e. The second-order valence-corrected chi connectivity index (χ2v) is 5.19. The molecule has 0 spiro atoms. The van der Waals surface area contributed by atoms with Crippen molar-refractivity contribution in [3.63, 3.8) is 0 Å². The Bertz CT molecular complexity index is 410. The first-order valence-electron chi connectivity index (χ1n) is 5.69. The van der Waals surface area contributed by atoms with Crippen LogP contribution in [-0.2, 0) is 5.75 Å². The largest absolute Gasteiger partial charge is 0.490 e. The van der Waals surface area contributed by atoms with Gasteiger partial charge in [-0.3, -0.25) is 10.1 Å². The number of hydrogen-bond donors (Lipinski definition) is 1. The lowest BCUT2D eigenvalue weighted by Gasteiger charge is -2.06. The summed E-state index contributed by atoms with van der Waals surface area (Å²) in [4.78, 5) is 10.4. The van der Waals surface area contributed by atoms with E-state index in [2.05, 4.69) is 0 Å². The van der Waals surface area contributed by atoms with Crippen molar-refractivity contribution >= 4 is 17.4 Å². The Balaban J connectivity index is 2.62. The van der Waals surface area contributed by atoms with Gasteiger partial charge in [0.1, 0.15) is 0 Å². The van der Waals surface area contributed by atoms with Crippen LogP contribution in [0.2, 0.25) is 0 Å². The molecule has 0 amide bonds. The minimum absolute atomic E-state index is 0.0165. The van der Waals surface area contributed by atoms with E-state index in [1.165, 1.54) is 7.11 Å². The highest BCUT2D eigenvalue weighted by Crippen LogP contribution is 2.29. The molecule has 1 aromatic rings. The molecule has 18 heavy (non-hydrogen) atoms. The van der Waals surface area contributed by atoms with Crippen LogP contribution in [0.25, 0.3) is 0 Å². The summed E-state index contributed by atoms with van der Waals surface area (Å²) < 4.78 is 4.95. The number of nitro benzene ring substituents is 1. The van der Waals surface area contributed by atoms with Gasteiger partial charge in [-0.2, -0.15) is 11.8 Å². The van der Waals surface area contributed by atoms with E-state index in [9.17, 15) is 10.1 Å². The molecule has 1 unspecified atom stereocenters. The number of methoxy groups -OCH3 is 1. The van der Waals surface area contributed by atoms with E-state index in [0.717, 1.165) is 23.5 Å². The quantitative estimate of drug-likeness (QED) is 0.468. The van der Waals surface area contributed by atoms with Gasteiger partial charge in [-0.05, 0) is 30.7 Å². The van der Waals surface area contributed by atoms with Crippen molar-refractivity contribution in [3.8, 4) is 5.75 Å². The Morgan fingerprint density at radius 1 is 1.56 bits per heavy atom. The molecule has 0 radical (unpaired) electrons. The van der Waals surface area contributed by atoms with Crippen molar-refractivity contribution in [3.05, 3.63) is 33.9 Å². The van der Waals surface area contributed by atoms with E-state index in [0.29, 0.717) is 5.75 Å². The Labute approximate surface area is 111 Å². The molecule has 0 bridgehead atoms. The van der Waals surface area contributed by atoms with Gasteiger partial charge in [0, 0.05) is 17.9 Å². The van der Waals surface area contributed by atoms with Crippen molar-refractivity contribution in [1.29, 1.82) is 0 Å². The fourth-order valence-electron chi connectivity index (χ4n) is 1.43. The summed E-state index contributed by atoms with van der Waals surface area (Å²) in [7, 11) is 1.43. The highest BCUT2D eigenvalue weighted by Gasteiger charge is 2.14. The summed E-state index contributed by atoms with van der Waals surface area (Å²) in [6.07, 6.45) is 0.947. The summed E-state index contributed by atoms with van der Waals surface area (Å²) in [6.45, 7) is 1.97. The second kappa shape index (κ2) is 7.23. The topological polar surface area (TPSA) is 78.4 Å². The average molecular weight is 270 g/mol. The van der Waals surface area contributed by atoms with Crippen molar-refractivity contribution in [2.75, 3.05) is 12.9 Å². The number of nitrogens with two attached hydrogens (primary N) is 1. The molecule has 0 saturated heterocycles. The van der Waals surface area contributed by atoms with E-state index in [1.807, 2.05) is 13.0 Å². The highest BCUT2D eigenvalue weighted by molar-refractivity contribution is 7.98. The summed E-state index contributed by atoms with van der Waals surface area (Å²) in [6, 6.07) is 5.25. The monoisotopic (exact) mass is 270 g/mol. The first kappa shape index (κ1) is 14.8. The van der Waals surface area contributed by atoms with Crippen LogP contribution in [0.5, 0.6) is 5.75 Å². The zero-order chi connectivity index (χ0) is 13.5. The van der Waals surface area contributed by atoms with Gasteiger partial charge in [-0.15, -0.1) is 0 Å². The molecule has 0 saturated carbocycles. The van der Waals surface area contributed by atoms with Gasteiger partial charge in [0.15, 0.2) is 5.75 Å². The standard InChI is InChI=1S/C12H18N2O3S/c1-9(13)5-6-18-8-10-3-4-12(17-2)11(7-10)14(15)16/h3-4,7,9H,5-6,8,13H2,1-2H3. The highest BCUT2D eigenvalue weighted by atomic mass is 32.2. The van der Waals surface area contributed by atoms with E-state index in [4.69, 9.17) is 10.5 Å². The molecule has 0 aliphatic carbocycles. The maximum absolute atomic E-state index is 10.9. The third-order valence-electron chi connectivity index (χ3n) is 2.43. The average Bonchev–Trinajstić information content (AvgIpc) is 2.34. The molecule has 100 valence electrons. The van der Waals surface area contributed by atoms with Crippen LogP contribution in [-0.4, -0.2) is 23.8 Å². The number of thioether (sulfide) groups is 1. The molecule has 0 heterocycles. The number of rotatable bonds is 7. The van der Waals surface area contributed by atoms with E-state index in [-0.39, 0.29) is 11.7 Å². The van der Waals surface area contributed by atoms with Crippen LogP contribution in [0.3, 0.4) is 0 Å². The van der Waals surface area contributed by atoms with E-state index >= 15 is 0 Å². The first-order chi connectivity index (χ1) is 8.54. The van der Waals surface area contributed by atoms with Crippen LogP contribution in [0, 0.1) is 10.1 Å². The lowest BCUT2D eigenvalue weighted by atomic mass is 10.2. The summed E-state index contributed by atoms with van der Waals surface area (Å²) in [5, 5.41) is 10.9. The number of ether oxygens (including phenoxy) is 1. The van der Waals surface area contributed by atoms with Gasteiger partial charge in [0.2, 0.25) is 0 Å². The molecule has 0 aromatic heterocycles. The van der Waals surface area contributed by atoms with Gasteiger partial charge in [0.25, 0.3) is 0 Å². The SMILES string of the molecule is COc1ccc(CSCCC(C)N)cc1[N+](=O)[O-]. The minimum Gasteiger partial charge on any atom is -0.490 e. The van der Waals surface area contributed by atoms with Gasteiger partial charge < -0.3 is 10.5 Å². The van der Waals surface area contributed by atoms with E-state index < -0.39 is 4.92 Å². The summed E-state index contributed by atoms with van der Waals surface area (Å²) >= 11 is 1.73. The lowest BCUT2D eigenvalue weighted by molar-refractivity contribution is -0.385. The van der Waals surface area contributed by atoms with Crippen LogP contribution in [0.15, 0.2) is 18.2 Å². The maximum atomic E-state index is 10.9. The maximum Gasteiger partial charge on any atom is 0.311 e. The molecule has 1 rings (SSSR count). The molecule has 0 aliphatic heterocycles. The molecular formula is C12H18N2O3S. The van der Waals surface area contributed by atoms with Crippen molar-refractivity contribution in [1.82, 2.24) is 0 Å². The molecule has 5 nitrogen and oxygen atoms in total.